The Morgan fingerprint density at radius 1 is 1.50 bits per heavy atom. The van der Waals surface area contributed by atoms with Crippen molar-refractivity contribution in [2.75, 3.05) is 0 Å². The fourth-order valence-corrected chi connectivity index (χ4v) is 2.05. The van der Waals surface area contributed by atoms with Crippen LogP contribution in [0.4, 0.5) is 4.39 Å². The van der Waals surface area contributed by atoms with E-state index in [9.17, 15) is 9.18 Å². The molecule has 0 unspecified atom stereocenters. The fourth-order valence-electron chi connectivity index (χ4n) is 1.72. The lowest BCUT2D eigenvalue weighted by Gasteiger charge is -2.32. The van der Waals surface area contributed by atoms with E-state index in [1.54, 1.807) is 6.07 Å². The molecule has 16 heavy (non-hydrogen) atoms. The Morgan fingerprint density at radius 3 is 2.75 bits per heavy atom. The molecule has 3 N–H and O–H groups in total. The molecule has 3 nitrogen and oxygen atoms in total. The van der Waals surface area contributed by atoms with Crippen molar-refractivity contribution in [1.82, 2.24) is 5.32 Å². The zero-order valence-electron chi connectivity index (χ0n) is 8.54. The molecule has 86 valence electrons. The fraction of sp³-hybridized carbons (Fsp3) is 0.364. The van der Waals surface area contributed by atoms with Crippen LogP contribution in [-0.2, 0) is 0 Å². The second-order valence-electron chi connectivity index (χ2n) is 4.03. The number of rotatable bonds is 2. The van der Waals surface area contributed by atoms with Crippen molar-refractivity contribution in [1.29, 1.82) is 0 Å². The van der Waals surface area contributed by atoms with E-state index in [1.807, 2.05) is 0 Å². The van der Waals surface area contributed by atoms with E-state index in [2.05, 4.69) is 21.2 Å². The topological polar surface area (TPSA) is 55.1 Å². The van der Waals surface area contributed by atoms with Gasteiger partial charge in [-0.2, -0.15) is 0 Å². The highest BCUT2D eigenvalue weighted by Crippen LogP contribution is 2.19. The summed E-state index contributed by atoms with van der Waals surface area (Å²) in [4.78, 5) is 11.7. The van der Waals surface area contributed by atoms with Gasteiger partial charge >= 0.3 is 0 Å². The third kappa shape index (κ3) is 2.41. The molecule has 1 aliphatic carbocycles. The first-order valence-electron chi connectivity index (χ1n) is 5.08. The number of hydrogen-bond acceptors (Lipinski definition) is 2. The van der Waals surface area contributed by atoms with Crippen molar-refractivity contribution in [3.8, 4) is 0 Å². The lowest BCUT2D eigenvalue weighted by Crippen LogP contribution is -2.50. The molecule has 5 heteroatoms. The van der Waals surface area contributed by atoms with E-state index in [1.165, 1.54) is 12.1 Å². The molecule has 2 rings (SSSR count). The summed E-state index contributed by atoms with van der Waals surface area (Å²) in [6.07, 6.45) is 1.54. The van der Waals surface area contributed by atoms with Crippen LogP contribution in [0.1, 0.15) is 23.2 Å². The second-order valence-corrected chi connectivity index (χ2v) is 4.94. The molecular formula is C11H12BrFN2O. The first-order valence-corrected chi connectivity index (χ1v) is 5.87. The number of nitrogens with two attached hydrogens (primary N) is 1. The van der Waals surface area contributed by atoms with Gasteiger partial charge in [0, 0.05) is 16.6 Å². The summed E-state index contributed by atoms with van der Waals surface area (Å²) in [6.45, 7) is 0. The van der Waals surface area contributed by atoms with Crippen LogP contribution in [0.25, 0.3) is 0 Å². The Labute approximate surface area is 101 Å². The van der Waals surface area contributed by atoms with Crippen LogP contribution in [0.3, 0.4) is 0 Å². The first kappa shape index (κ1) is 11.5. The Bertz CT molecular complexity index is 418. The van der Waals surface area contributed by atoms with Gasteiger partial charge in [0.1, 0.15) is 5.82 Å². The average Bonchev–Trinajstić information content (AvgIpc) is 2.15. The summed E-state index contributed by atoms with van der Waals surface area (Å²) in [5, 5.41) is 2.75. The molecule has 0 aromatic heterocycles. The van der Waals surface area contributed by atoms with Crippen molar-refractivity contribution in [2.24, 2.45) is 5.73 Å². The Balaban J connectivity index is 2.03. The molecule has 0 radical (unpaired) electrons. The van der Waals surface area contributed by atoms with E-state index in [4.69, 9.17) is 5.73 Å². The number of nitrogens with one attached hydrogen (secondary N) is 1. The van der Waals surface area contributed by atoms with Crippen LogP contribution in [0.15, 0.2) is 22.7 Å². The monoisotopic (exact) mass is 286 g/mol. The number of amides is 1. The molecule has 1 aromatic carbocycles. The quantitative estimate of drug-likeness (QED) is 0.871. The van der Waals surface area contributed by atoms with Crippen molar-refractivity contribution in [2.45, 2.75) is 24.9 Å². The van der Waals surface area contributed by atoms with Gasteiger partial charge in [0.25, 0.3) is 5.91 Å². The van der Waals surface area contributed by atoms with Gasteiger partial charge in [-0.05, 0) is 31.0 Å². The summed E-state index contributed by atoms with van der Waals surface area (Å²) in [7, 11) is 0. The van der Waals surface area contributed by atoms with Gasteiger partial charge in [-0.15, -0.1) is 0 Å². The minimum Gasteiger partial charge on any atom is -0.349 e. The van der Waals surface area contributed by atoms with Crippen LogP contribution < -0.4 is 11.1 Å². The van der Waals surface area contributed by atoms with E-state index in [-0.39, 0.29) is 23.6 Å². The summed E-state index contributed by atoms with van der Waals surface area (Å²) < 4.78 is 14.1. The van der Waals surface area contributed by atoms with Crippen molar-refractivity contribution in [3.05, 3.63) is 34.1 Å². The average molecular weight is 287 g/mol. The van der Waals surface area contributed by atoms with E-state index < -0.39 is 5.82 Å². The minimum absolute atomic E-state index is 0.0728. The van der Waals surface area contributed by atoms with Crippen LogP contribution in [0.5, 0.6) is 0 Å². The molecule has 0 atom stereocenters. The van der Waals surface area contributed by atoms with Crippen LogP contribution in [0.2, 0.25) is 0 Å². The molecule has 0 heterocycles. The third-order valence-corrected chi connectivity index (χ3v) is 3.18. The Hall–Kier alpha value is -0.940. The zero-order chi connectivity index (χ0) is 11.7. The summed E-state index contributed by atoms with van der Waals surface area (Å²) in [6, 6.07) is 4.64. The molecule has 1 fully saturated rings. The van der Waals surface area contributed by atoms with E-state index >= 15 is 0 Å². The number of hydrogen-bond donors (Lipinski definition) is 2. The van der Waals surface area contributed by atoms with Gasteiger partial charge in [0.15, 0.2) is 0 Å². The van der Waals surface area contributed by atoms with Gasteiger partial charge < -0.3 is 11.1 Å². The maximum atomic E-state index is 13.4. The first-order chi connectivity index (χ1) is 7.56. The lowest BCUT2D eigenvalue weighted by molar-refractivity contribution is 0.0906. The molecule has 0 saturated heterocycles. The number of carbonyl (C=O) groups excluding carboxylic acids is 1. The number of halogens is 2. The largest absolute Gasteiger partial charge is 0.349 e. The molecule has 1 aromatic rings. The second kappa shape index (κ2) is 4.51. The smallest absolute Gasteiger partial charge is 0.254 e. The minimum atomic E-state index is -0.518. The van der Waals surface area contributed by atoms with E-state index in [0.29, 0.717) is 4.47 Å². The maximum absolute atomic E-state index is 13.4. The molecule has 1 saturated carbocycles. The van der Waals surface area contributed by atoms with Gasteiger partial charge in [0.2, 0.25) is 0 Å². The van der Waals surface area contributed by atoms with Crippen molar-refractivity contribution >= 4 is 21.8 Å². The van der Waals surface area contributed by atoms with Crippen molar-refractivity contribution < 1.29 is 9.18 Å². The van der Waals surface area contributed by atoms with Crippen molar-refractivity contribution in [3.63, 3.8) is 0 Å². The molecule has 0 bridgehead atoms. The molecule has 1 amide bonds. The SMILES string of the molecule is NC1CC(NC(=O)c2ccc(Br)cc2F)C1. The van der Waals surface area contributed by atoms with Gasteiger partial charge in [-0.3, -0.25) is 4.79 Å². The highest BCUT2D eigenvalue weighted by atomic mass is 79.9. The molecular weight excluding hydrogens is 275 g/mol. The zero-order valence-corrected chi connectivity index (χ0v) is 10.1. The standard InChI is InChI=1S/C11H12BrFN2O/c12-6-1-2-9(10(13)3-6)11(16)15-8-4-7(14)5-8/h1-3,7-8H,4-5,14H2,(H,15,16). The summed E-state index contributed by atoms with van der Waals surface area (Å²) >= 11 is 3.14. The highest BCUT2D eigenvalue weighted by Gasteiger charge is 2.28. The highest BCUT2D eigenvalue weighted by molar-refractivity contribution is 9.10. The predicted molar refractivity (Wildman–Crippen MR) is 62.6 cm³/mol. The Morgan fingerprint density at radius 2 is 2.19 bits per heavy atom. The van der Waals surface area contributed by atoms with Gasteiger partial charge in [0.05, 0.1) is 5.56 Å². The van der Waals surface area contributed by atoms with Crippen LogP contribution in [-0.4, -0.2) is 18.0 Å². The van der Waals surface area contributed by atoms with E-state index in [0.717, 1.165) is 12.8 Å². The van der Waals surface area contributed by atoms with Crippen LogP contribution in [0, 0.1) is 5.82 Å². The molecule has 0 spiro atoms. The predicted octanol–water partition coefficient (Wildman–Crippen LogP) is 1.81. The summed E-state index contributed by atoms with van der Waals surface area (Å²) in [5.74, 6) is -0.891. The number of carbonyl (C=O) groups is 1. The van der Waals surface area contributed by atoms with Gasteiger partial charge in [-0.1, -0.05) is 15.9 Å². The molecule has 1 aliphatic rings. The lowest BCUT2D eigenvalue weighted by atomic mass is 9.87. The van der Waals surface area contributed by atoms with Crippen LogP contribution >= 0.6 is 15.9 Å². The number of benzene rings is 1. The third-order valence-electron chi connectivity index (χ3n) is 2.69. The Kier molecular flexibility index (Phi) is 3.25. The maximum Gasteiger partial charge on any atom is 0.254 e. The normalized spacial score (nSPS) is 23.7. The van der Waals surface area contributed by atoms with Gasteiger partial charge in [-0.25, -0.2) is 4.39 Å². The summed E-state index contributed by atoms with van der Waals surface area (Å²) in [5.41, 5.74) is 5.67. The molecule has 0 aliphatic heterocycles.